The zero-order valence-electron chi connectivity index (χ0n) is 24.5. The predicted molar refractivity (Wildman–Crippen MR) is 145 cm³/mol. The van der Waals surface area contributed by atoms with Crippen molar-refractivity contribution in [1.29, 1.82) is 0 Å². The van der Waals surface area contributed by atoms with Gasteiger partial charge in [-0.05, 0) is 50.5 Å². The summed E-state index contributed by atoms with van der Waals surface area (Å²) in [4.78, 5) is 63.0. The number of unbranched alkanes of at least 4 members (excludes halogenated alkanes) is 3. The van der Waals surface area contributed by atoms with Gasteiger partial charge in [-0.3, -0.25) is 19.2 Å². The Bertz CT molecular complexity index is 1340. The Hall–Kier alpha value is -3.47. The highest BCUT2D eigenvalue weighted by Crippen LogP contribution is 2.62. The molecule has 0 saturated heterocycles. The first-order valence-corrected chi connectivity index (χ1v) is 14.6. The van der Waals surface area contributed by atoms with Crippen LogP contribution in [0.1, 0.15) is 105 Å². The Kier molecular flexibility index (Phi) is 8.08. The second-order valence-corrected chi connectivity index (χ2v) is 12.3. The van der Waals surface area contributed by atoms with Crippen LogP contribution >= 0.6 is 0 Å². The second-order valence-electron chi connectivity index (χ2n) is 12.3. The van der Waals surface area contributed by atoms with Crippen molar-refractivity contribution in [3.8, 4) is 0 Å². The molecule has 1 N–H and O–H groups in total. The Labute approximate surface area is 243 Å². The second kappa shape index (κ2) is 11.3. The Morgan fingerprint density at radius 3 is 2.43 bits per heavy atom. The van der Waals surface area contributed by atoms with Crippen LogP contribution in [0.2, 0.25) is 0 Å². The van der Waals surface area contributed by atoms with E-state index < -0.39 is 47.0 Å². The molecule has 0 aromatic carbocycles. The quantitative estimate of drug-likeness (QED) is 0.224. The molecule has 11 nitrogen and oxygen atoms in total. The lowest BCUT2D eigenvalue weighted by molar-refractivity contribution is -0.160. The van der Waals surface area contributed by atoms with Crippen LogP contribution in [-0.4, -0.2) is 66.8 Å². The lowest BCUT2D eigenvalue weighted by Gasteiger charge is -2.52. The minimum Gasteiger partial charge on any atom is -0.481 e. The number of carbonyl (C=O) groups excluding carboxylic acids is 4. The summed E-state index contributed by atoms with van der Waals surface area (Å²) in [6.07, 6.45) is 3.52. The van der Waals surface area contributed by atoms with E-state index in [0.29, 0.717) is 48.8 Å². The van der Waals surface area contributed by atoms with Crippen molar-refractivity contribution in [2.45, 2.75) is 102 Å². The SMILES string of the molecule is COC[C@H]1OC(=O)c2coc3c2[C@@]1(C)C1=C(C3=O)[C@@H]2CC[C@H](OC(=O)CCCCCCC(=O)O)[C@@]2(C)C[C@H]1OC(C)=O. The van der Waals surface area contributed by atoms with E-state index in [-0.39, 0.29) is 48.4 Å². The maximum atomic E-state index is 14.2. The third kappa shape index (κ3) is 4.85. The molecule has 6 atom stereocenters. The largest absolute Gasteiger partial charge is 0.481 e. The normalized spacial score (nSPS) is 31.1. The third-order valence-electron chi connectivity index (χ3n) is 9.69. The summed E-state index contributed by atoms with van der Waals surface area (Å²) in [7, 11) is 1.50. The van der Waals surface area contributed by atoms with Gasteiger partial charge in [0.15, 0.2) is 5.76 Å². The van der Waals surface area contributed by atoms with Gasteiger partial charge < -0.3 is 28.5 Å². The molecule has 1 aromatic heterocycles. The average Bonchev–Trinajstić information content (AvgIpc) is 3.50. The van der Waals surface area contributed by atoms with Gasteiger partial charge in [-0.1, -0.05) is 19.8 Å². The molecule has 0 amide bonds. The van der Waals surface area contributed by atoms with Crippen LogP contribution in [0.3, 0.4) is 0 Å². The van der Waals surface area contributed by atoms with Crippen LogP contribution in [0.4, 0.5) is 0 Å². The number of fused-ring (bicyclic) bond motifs is 3. The summed E-state index contributed by atoms with van der Waals surface area (Å²) in [5.41, 5.74) is -0.0469. The molecule has 0 spiro atoms. The topological polar surface area (TPSA) is 156 Å². The van der Waals surface area contributed by atoms with E-state index in [9.17, 15) is 24.0 Å². The number of aliphatic carboxylic acids is 1. The van der Waals surface area contributed by atoms with E-state index in [1.54, 1.807) is 0 Å². The molecule has 3 aliphatic carbocycles. The van der Waals surface area contributed by atoms with Crippen molar-refractivity contribution in [2.24, 2.45) is 11.3 Å². The number of carboxylic acids is 1. The van der Waals surface area contributed by atoms with Gasteiger partial charge in [-0.2, -0.15) is 0 Å². The van der Waals surface area contributed by atoms with Gasteiger partial charge in [0.05, 0.1) is 12.0 Å². The summed E-state index contributed by atoms with van der Waals surface area (Å²) in [5.74, 6) is -2.87. The van der Waals surface area contributed by atoms with E-state index in [1.165, 1.54) is 20.3 Å². The fourth-order valence-corrected chi connectivity index (χ4v) is 7.76. The third-order valence-corrected chi connectivity index (χ3v) is 9.69. The maximum absolute atomic E-state index is 14.2. The number of cyclic esters (lactones) is 1. The molecule has 1 aliphatic heterocycles. The highest BCUT2D eigenvalue weighted by Gasteiger charge is 2.65. The molecule has 4 aliphatic rings. The van der Waals surface area contributed by atoms with Gasteiger partial charge in [-0.15, -0.1) is 0 Å². The molecular weight excluding hydrogens is 548 g/mol. The first kappa shape index (κ1) is 30.0. The van der Waals surface area contributed by atoms with Gasteiger partial charge in [0, 0.05) is 43.4 Å². The average molecular weight is 587 g/mol. The zero-order valence-corrected chi connectivity index (χ0v) is 24.5. The first-order valence-electron chi connectivity index (χ1n) is 14.6. The molecule has 1 aromatic rings. The number of ether oxygens (including phenoxy) is 4. The molecule has 0 unspecified atom stereocenters. The van der Waals surface area contributed by atoms with Gasteiger partial charge in [0.2, 0.25) is 5.78 Å². The minimum atomic E-state index is -1.04. The minimum absolute atomic E-state index is 0.0581. The van der Waals surface area contributed by atoms with Crippen molar-refractivity contribution in [3.05, 3.63) is 34.3 Å². The number of hydrogen-bond donors (Lipinski definition) is 1. The van der Waals surface area contributed by atoms with Crippen LogP contribution in [-0.2, 0) is 38.7 Å². The van der Waals surface area contributed by atoms with E-state index in [1.807, 2.05) is 13.8 Å². The molecule has 2 heterocycles. The molecule has 11 heteroatoms. The smallest absolute Gasteiger partial charge is 0.342 e. The van der Waals surface area contributed by atoms with Crippen LogP contribution in [0, 0.1) is 11.3 Å². The number of ketones is 1. The lowest BCUT2D eigenvalue weighted by atomic mass is 9.54. The molecule has 42 heavy (non-hydrogen) atoms. The molecule has 228 valence electrons. The number of Topliss-reactive ketones (excluding diaryl/α,β-unsaturated/α-hetero) is 1. The number of esters is 3. The highest BCUT2D eigenvalue weighted by atomic mass is 16.6. The summed E-state index contributed by atoms with van der Waals surface area (Å²) >= 11 is 0. The number of hydrogen-bond acceptors (Lipinski definition) is 10. The first-order chi connectivity index (χ1) is 19.9. The molecule has 0 radical (unpaired) electrons. The fraction of sp³-hybridized carbons (Fsp3) is 0.645. The van der Waals surface area contributed by atoms with E-state index >= 15 is 0 Å². The van der Waals surface area contributed by atoms with Crippen molar-refractivity contribution in [2.75, 3.05) is 13.7 Å². The molecule has 5 rings (SSSR count). The van der Waals surface area contributed by atoms with Crippen LogP contribution in [0.5, 0.6) is 0 Å². The van der Waals surface area contributed by atoms with Crippen molar-refractivity contribution >= 4 is 29.7 Å². The van der Waals surface area contributed by atoms with Crippen LogP contribution < -0.4 is 0 Å². The number of carboxylic acid groups (broad SMARTS) is 1. The summed E-state index contributed by atoms with van der Waals surface area (Å²) in [6, 6.07) is 0. The van der Waals surface area contributed by atoms with Crippen molar-refractivity contribution in [3.63, 3.8) is 0 Å². The van der Waals surface area contributed by atoms with E-state index in [4.69, 9.17) is 28.5 Å². The van der Waals surface area contributed by atoms with Gasteiger partial charge >= 0.3 is 23.9 Å². The Morgan fingerprint density at radius 2 is 1.76 bits per heavy atom. The lowest BCUT2D eigenvalue weighted by Crippen LogP contribution is -2.57. The van der Waals surface area contributed by atoms with E-state index in [2.05, 4.69) is 0 Å². The van der Waals surface area contributed by atoms with E-state index in [0.717, 1.165) is 12.8 Å². The van der Waals surface area contributed by atoms with Crippen molar-refractivity contribution in [1.82, 2.24) is 0 Å². The monoisotopic (exact) mass is 586 g/mol. The molecule has 1 saturated carbocycles. The van der Waals surface area contributed by atoms with Gasteiger partial charge in [0.25, 0.3) is 0 Å². The number of methoxy groups -OCH3 is 1. The highest BCUT2D eigenvalue weighted by molar-refractivity contribution is 6.13. The van der Waals surface area contributed by atoms with Gasteiger partial charge in [0.1, 0.15) is 30.1 Å². The van der Waals surface area contributed by atoms with Crippen LogP contribution in [0.25, 0.3) is 0 Å². The standard InChI is InChI=1S/C31H38O11/c1-16(32)40-19-13-30(2)18(11-12-20(30)41-23(35)10-8-6-5-7-9-22(33)34)24-26(19)31(3)21(15-38-4)42-29(37)17-14-39-28(25(17)31)27(24)36/h14,18-21H,5-13,15H2,1-4H3,(H,33,34)/t18-,19+,20-,21+,30-,31-/m0/s1. The number of furan rings is 1. The number of carbonyl (C=O) groups is 5. The predicted octanol–water partition coefficient (Wildman–Crippen LogP) is 4.30. The number of allylic oxidation sites excluding steroid dienone is 1. The molecule has 1 fully saturated rings. The zero-order chi connectivity index (χ0) is 30.4. The summed E-state index contributed by atoms with van der Waals surface area (Å²) < 4.78 is 28.9. The number of rotatable bonds is 11. The fourth-order valence-electron chi connectivity index (χ4n) is 7.76. The molecule has 0 bridgehead atoms. The maximum Gasteiger partial charge on any atom is 0.342 e. The van der Waals surface area contributed by atoms with Gasteiger partial charge in [-0.25, -0.2) is 4.79 Å². The summed E-state index contributed by atoms with van der Waals surface area (Å²) in [5, 5.41) is 8.78. The van der Waals surface area contributed by atoms with Crippen molar-refractivity contribution < 1.29 is 52.4 Å². The Balaban J connectivity index is 1.46. The summed E-state index contributed by atoms with van der Waals surface area (Å²) in [6.45, 7) is 5.22. The molecular formula is C31H38O11. The van der Waals surface area contributed by atoms with Crippen LogP contribution in [0.15, 0.2) is 21.8 Å². The Morgan fingerprint density at radius 1 is 1.05 bits per heavy atom.